The summed E-state index contributed by atoms with van der Waals surface area (Å²) in [5.74, 6) is -0.503. The highest BCUT2D eigenvalue weighted by Gasteiger charge is 2.14. The van der Waals surface area contributed by atoms with E-state index < -0.39 is 0 Å². The fourth-order valence-electron chi connectivity index (χ4n) is 3.18. The van der Waals surface area contributed by atoms with Crippen LogP contribution in [0.25, 0.3) is 0 Å². The molecule has 0 saturated heterocycles. The zero-order valence-corrected chi connectivity index (χ0v) is 13.9. The van der Waals surface area contributed by atoms with Crippen LogP contribution >= 0.6 is 0 Å². The Morgan fingerprint density at radius 3 is 2.67 bits per heavy atom. The van der Waals surface area contributed by atoms with Crippen LogP contribution in [0.4, 0.5) is 10.1 Å². The maximum absolute atomic E-state index is 13.5. The van der Waals surface area contributed by atoms with Gasteiger partial charge in [-0.1, -0.05) is 30.3 Å². The molecule has 2 aromatic rings. The number of halogens is 1. The second kappa shape index (κ2) is 7.47. The molecule has 2 aromatic carbocycles. The van der Waals surface area contributed by atoms with Gasteiger partial charge in [0.2, 0.25) is 5.91 Å². The number of anilines is 1. The van der Waals surface area contributed by atoms with Crippen LogP contribution in [0.5, 0.6) is 0 Å². The third-order valence-electron chi connectivity index (χ3n) is 4.56. The highest BCUT2D eigenvalue weighted by molar-refractivity contribution is 5.81. The highest BCUT2D eigenvalue weighted by atomic mass is 19.1. The molecule has 0 spiro atoms. The van der Waals surface area contributed by atoms with Crippen LogP contribution in [0, 0.1) is 5.82 Å². The van der Waals surface area contributed by atoms with Crippen LogP contribution in [0.15, 0.2) is 42.5 Å². The Hall–Kier alpha value is -2.36. The van der Waals surface area contributed by atoms with E-state index in [-0.39, 0.29) is 24.3 Å². The molecule has 1 aliphatic carbocycles. The van der Waals surface area contributed by atoms with E-state index in [0.29, 0.717) is 5.69 Å². The van der Waals surface area contributed by atoms with E-state index >= 15 is 0 Å². The minimum Gasteiger partial charge on any atom is -0.374 e. The molecule has 2 N–H and O–H groups in total. The first kappa shape index (κ1) is 16.5. The lowest BCUT2D eigenvalue weighted by molar-refractivity contribution is -0.120. The van der Waals surface area contributed by atoms with Crippen molar-refractivity contribution < 1.29 is 9.18 Å². The molecule has 1 amide bonds. The van der Waals surface area contributed by atoms with Crippen LogP contribution in [0.2, 0.25) is 0 Å². The predicted octanol–water partition coefficient (Wildman–Crippen LogP) is 3.99. The maximum atomic E-state index is 13.5. The number of carbonyl (C=O) groups excluding carboxylic acids is 1. The average Bonchev–Trinajstić information content (AvgIpc) is 2.60. The van der Waals surface area contributed by atoms with Crippen molar-refractivity contribution in [1.29, 1.82) is 0 Å². The lowest BCUT2D eigenvalue weighted by Gasteiger charge is -2.20. The fraction of sp³-hybridized carbons (Fsp3) is 0.350. The fourth-order valence-corrected chi connectivity index (χ4v) is 3.18. The molecule has 1 aliphatic rings. The number of aryl methyl sites for hydroxylation is 2. The van der Waals surface area contributed by atoms with Gasteiger partial charge < -0.3 is 10.6 Å². The Morgan fingerprint density at radius 1 is 1.12 bits per heavy atom. The van der Waals surface area contributed by atoms with Gasteiger partial charge in [-0.3, -0.25) is 4.79 Å². The van der Waals surface area contributed by atoms with E-state index in [9.17, 15) is 9.18 Å². The minimum absolute atomic E-state index is 0.0518. The van der Waals surface area contributed by atoms with Crippen molar-refractivity contribution in [3.05, 3.63) is 65.0 Å². The van der Waals surface area contributed by atoms with E-state index in [2.05, 4.69) is 28.8 Å². The van der Waals surface area contributed by atoms with Gasteiger partial charge in [-0.15, -0.1) is 0 Å². The summed E-state index contributed by atoms with van der Waals surface area (Å²) in [6, 6.07) is 12.8. The van der Waals surface area contributed by atoms with Crippen molar-refractivity contribution in [1.82, 2.24) is 5.32 Å². The SMILES string of the molecule is C[C@@H](NC(=O)CNc1ccccc1F)c1ccc2c(c1)CCCC2. The first-order chi connectivity index (χ1) is 11.6. The van der Waals surface area contributed by atoms with E-state index in [0.717, 1.165) is 18.4 Å². The molecule has 0 heterocycles. The lowest BCUT2D eigenvalue weighted by atomic mass is 9.89. The molecular formula is C20H23FN2O. The number of hydrogen-bond donors (Lipinski definition) is 2. The van der Waals surface area contributed by atoms with E-state index in [4.69, 9.17) is 0 Å². The zero-order valence-electron chi connectivity index (χ0n) is 13.9. The largest absolute Gasteiger partial charge is 0.374 e. The van der Waals surface area contributed by atoms with Gasteiger partial charge in [0.15, 0.2) is 0 Å². The maximum Gasteiger partial charge on any atom is 0.239 e. The van der Waals surface area contributed by atoms with Gasteiger partial charge in [-0.2, -0.15) is 0 Å². The molecular weight excluding hydrogens is 303 g/mol. The molecule has 4 heteroatoms. The number of amides is 1. The molecule has 0 radical (unpaired) electrons. The third-order valence-corrected chi connectivity index (χ3v) is 4.56. The molecule has 0 aromatic heterocycles. The van der Waals surface area contributed by atoms with E-state index in [1.807, 2.05) is 6.92 Å². The molecule has 0 fully saturated rings. The number of rotatable bonds is 5. The predicted molar refractivity (Wildman–Crippen MR) is 94.5 cm³/mol. The molecule has 1 atom stereocenters. The summed E-state index contributed by atoms with van der Waals surface area (Å²) < 4.78 is 13.5. The Labute approximate surface area is 142 Å². The van der Waals surface area contributed by atoms with Crippen molar-refractivity contribution in [2.24, 2.45) is 0 Å². The summed E-state index contributed by atoms with van der Waals surface area (Å²) in [6.07, 6.45) is 4.78. The highest BCUT2D eigenvalue weighted by Crippen LogP contribution is 2.24. The summed E-state index contributed by atoms with van der Waals surface area (Å²) >= 11 is 0. The zero-order chi connectivity index (χ0) is 16.9. The minimum atomic E-state index is -0.354. The van der Waals surface area contributed by atoms with Crippen LogP contribution in [-0.2, 0) is 17.6 Å². The molecule has 3 nitrogen and oxygen atoms in total. The normalized spacial score (nSPS) is 14.6. The molecule has 0 saturated carbocycles. The standard InChI is InChI=1S/C20H23FN2O/c1-14(16-11-10-15-6-2-3-7-17(15)12-16)23-20(24)13-22-19-9-5-4-8-18(19)21/h4-5,8-12,14,22H,2-3,6-7,13H2,1H3,(H,23,24)/t14-/m1/s1. The molecule has 0 aliphatic heterocycles. The summed E-state index contributed by atoms with van der Waals surface area (Å²) in [4.78, 5) is 12.1. The molecule has 24 heavy (non-hydrogen) atoms. The lowest BCUT2D eigenvalue weighted by Crippen LogP contribution is -2.32. The first-order valence-electron chi connectivity index (χ1n) is 8.53. The Kier molecular flexibility index (Phi) is 5.14. The second-order valence-electron chi connectivity index (χ2n) is 6.36. The summed E-state index contributed by atoms with van der Waals surface area (Å²) in [7, 11) is 0. The van der Waals surface area contributed by atoms with Crippen molar-refractivity contribution in [3.8, 4) is 0 Å². The summed E-state index contributed by atoms with van der Waals surface area (Å²) in [6.45, 7) is 2.03. The van der Waals surface area contributed by atoms with Gasteiger partial charge in [-0.25, -0.2) is 4.39 Å². The summed E-state index contributed by atoms with van der Waals surface area (Å²) in [5, 5.41) is 5.80. The number of carbonyl (C=O) groups is 1. The van der Waals surface area contributed by atoms with Crippen LogP contribution in [0.1, 0.15) is 42.5 Å². The topological polar surface area (TPSA) is 41.1 Å². The third kappa shape index (κ3) is 3.94. The van der Waals surface area contributed by atoms with Gasteiger partial charge in [0, 0.05) is 0 Å². The van der Waals surface area contributed by atoms with Crippen LogP contribution < -0.4 is 10.6 Å². The molecule has 3 rings (SSSR count). The van der Waals surface area contributed by atoms with Gasteiger partial charge in [0.25, 0.3) is 0 Å². The van der Waals surface area contributed by atoms with Crippen LogP contribution in [-0.4, -0.2) is 12.5 Å². The van der Waals surface area contributed by atoms with E-state index in [1.165, 1.54) is 30.0 Å². The molecule has 0 bridgehead atoms. The van der Waals surface area contributed by atoms with Gasteiger partial charge in [-0.05, 0) is 61.4 Å². The quantitative estimate of drug-likeness (QED) is 0.872. The van der Waals surface area contributed by atoms with Crippen molar-refractivity contribution in [2.75, 3.05) is 11.9 Å². The van der Waals surface area contributed by atoms with E-state index in [1.54, 1.807) is 18.2 Å². The van der Waals surface area contributed by atoms with Gasteiger partial charge >= 0.3 is 0 Å². The van der Waals surface area contributed by atoms with Crippen molar-refractivity contribution in [3.63, 3.8) is 0 Å². The molecule has 0 unspecified atom stereocenters. The molecule has 126 valence electrons. The monoisotopic (exact) mass is 326 g/mol. The number of hydrogen-bond acceptors (Lipinski definition) is 2. The number of benzene rings is 2. The second-order valence-corrected chi connectivity index (χ2v) is 6.36. The van der Waals surface area contributed by atoms with Crippen molar-refractivity contribution in [2.45, 2.75) is 38.6 Å². The number of nitrogens with one attached hydrogen (secondary N) is 2. The Bertz CT molecular complexity index is 729. The van der Waals surface area contributed by atoms with Gasteiger partial charge in [0.05, 0.1) is 18.3 Å². The van der Waals surface area contributed by atoms with Crippen molar-refractivity contribution >= 4 is 11.6 Å². The summed E-state index contributed by atoms with van der Waals surface area (Å²) in [5.41, 5.74) is 4.30. The number of para-hydroxylation sites is 1. The smallest absolute Gasteiger partial charge is 0.239 e. The Morgan fingerprint density at radius 2 is 1.88 bits per heavy atom. The number of fused-ring (bicyclic) bond motifs is 1. The van der Waals surface area contributed by atoms with Crippen LogP contribution in [0.3, 0.4) is 0 Å². The van der Waals surface area contributed by atoms with Gasteiger partial charge in [0.1, 0.15) is 5.82 Å². The average molecular weight is 326 g/mol. The first-order valence-corrected chi connectivity index (χ1v) is 8.53. The Balaban J connectivity index is 1.57.